The minimum Gasteiger partial charge on any atom is -0.344 e. The van der Waals surface area contributed by atoms with Crippen LogP contribution in [0.2, 0.25) is 0 Å². The van der Waals surface area contributed by atoms with E-state index in [9.17, 15) is 0 Å². The van der Waals surface area contributed by atoms with Crippen molar-refractivity contribution in [2.45, 2.75) is 38.5 Å². The highest BCUT2D eigenvalue weighted by Crippen LogP contribution is 2.52. The molecule has 2 heterocycles. The van der Waals surface area contributed by atoms with E-state index in [4.69, 9.17) is 0 Å². The highest BCUT2D eigenvalue weighted by molar-refractivity contribution is 6.10. The Labute approximate surface area is 409 Å². The number of aryl methyl sites for hydroxylation is 2. The molecule has 0 fully saturated rings. The maximum absolute atomic E-state index is 2.47. The number of hydrogen-bond donors (Lipinski definition) is 0. The van der Waals surface area contributed by atoms with E-state index in [2.05, 4.69) is 257 Å². The molecule has 2 nitrogen and oxygen atoms in total. The molecule has 0 radical (unpaired) electrons. The van der Waals surface area contributed by atoms with Gasteiger partial charge in [0.1, 0.15) is 0 Å². The molecule has 0 aliphatic heterocycles. The second kappa shape index (κ2) is 14.7. The van der Waals surface area contributed by atoms with E-state index in [-0.39, 0.29) is 10.8 Å². The summed E-state index contributed by atoms with van der Waals surface area (Å²) in [5.41, 5.74) is 27.7. The van der Waals surface area contributed by atoms with E-state index in [1.807, 2.05) is 0 Å². The summed E-state index contributed by atoms with van der Waals surface area (Å²) in [5.74, 6) is 0. The van der Waals surface area contributed by atoms with Crippen LogP contribution >= 0.6 is 0 Å². The third kappa shape index (κ3) is 5.86. The number of benzene rings is 10. The third-order valence-electron chi connectivity index (χ3n) is 16.5. The van der Waals surface area contributed by atoms with Crippen LogP contribution < -0.4 is 0 Å². The molecular weight excluding hydrogens is 845 g/mol. The zero-order chi connectivity index (χ0) is 47.2. The lowest BCUT2D eigenvalue weighted by Gasteiger charge is -2.22. The van der Waals surface area contributed by atoms with Crippen molar-refractivity contribution in [1.29, 1.82) is 0 Å². The second-order valence-corrected chi connectivity index (χ2v) is 21.1. The molecule has 0 saturated carbocycles. The lowest BCUT2D eigenvalue weighted by Crippen LogP contribution is -2.14. The number of nitrogens with zero attached hydrogens (tertiary/aromatic N) is 2. The van der Waals surface area contributed by atoms with E-state index in [1.54, 1.807) is 0 Å². The fourth-order valence-corrected chi connectivity index (χ4v) is 12.7. The number of aromatic nitrogens is 2. The van der Waals surface area contributed by atoms with Gasteiger partial charge in [0.25, 0.3) is 0 Å². The molecule has 0 atom stereocenters. The van der Waals surface area contributed by atoms with Crippen molar-refractivity contribution in [2.24, 2.45) is 14.1 Å². The predicted molar refractivity (Wildman–Crippen MR) is 297 cm³/mol. The molecule has 12 aromatic rings. The summed E-state index contributed by atoms with van der Waals surface area (Å²) >= 11 is 0. The summed E-state index contributed by atoms with van der Waals surface area (Å²) in [4.78, 5) is 0. The molecule has 2 heteroatoms. The maximum Gasteiger partial charge on any atom is 0.0494 e. The summed E-state index contributed by atoms with van der Waals surface area (Å²) in [7, 11) is 4.39. The molecule has 10 aromatic carbocycles. The van der Waals surface area contributed by atoms with Gasteiger partial charge in [-0.1, -0.05) is 161 Å². The molecule has 2 aliphatic carbocycles. The Morgan fingerprint density at radius 3 is 0.957 bits per heavy atom. The minimum absolute atomic E-state index is 0.109. The fourth-order valence-electron chi connectivity index (χ4n) is 12.7. The number of fused-ring (bicyclic) bond motifs is 12. The smallest absolute Gasteiger partial charge is 0.0494 e. The summed E-state index contributed by atoms with van der Waals surface area (Å²) in [6, 6.07) is 78.4. The highest BCUT2D eigenvalue weighted by Gasteiger charge is 2.36. The first-order chi connectivity index (χ1) is 34.0. The lowest BCUT2D eigenvalue weighted by atomic mass is 9.81. The zero-order valence-corrected chi connectivity index (χ0v) is 40.5. The highest BCUT2D eigenvalue weighted by atomic mass is 14.9. The van der Waals surface area contributed by atoms with Gasteiger partial charge >= 0.3 is 0 Å². The normalized spacial score (nSPS) is 14.1. The first kappa shape index (κ1) is 40.8. The standard InChI is InChI=1S/C68H52N2/c1-67(2)59-19-11-7-15-51(59)53-27-23-41(37-61(53)67)45-31-47(43-25-29-57-55-17-9-13-21-63(55)69(5)65(57)39-43)35-49(33-45)50-34-46(42-24-28-54-52-16-8-12-20-60(52)68(3,4)62(54)38-42)32-48(36-50)44-26-30-58-56-18-10-14-22-64(56)70(6)66(58)40-44/h7-40H,1-6H3. The molecule has 2 aliphatic rings. The first-order valence-electron chi connectivity index (χ1n) is 24.8. The summed E-state index contributed by atoms with van der Waals surface area (Å²) in [5, 5.41) is 5.12. The molecule has 0 unspecified atom stereocenters. The monoisotopic (exact) mass is 896 g/mol. The first-order valence-corrected chi connectivity index (χ1v) is 24.8. The number of hydrogen-bond acceptors (Lipinski definition) is 0. The SMILES string of the molecule is Cn1c2ccccc2c2ccc(-c3cc(-c4cc(-c5ccc6c(c5)C(C)(C)c5ccccc5-6)cc(-c5ccc6c7ccccc7n(C)c6c5)c4)cc(-c4ccc5c(c4)C(C)(C)c4ccccc4-5)c3)cc21. The summed E-state index contributed by atoms with van der Waals surface area (Å²) in [6.45, 7) is 9.51. The molecular formula is C68H52N2. The Morgan fingerprint density at radius 1 is 0.243 bits per heavy atom. The van der Waals surface area contributed by atoms with Crippen LogP contribution in [-0.4, -0.2) is 9.13 Å². The van der Waals surface area contributed by atoms with Crippen molar-refractivity contribution < 1.29 is 0 Å². The van der Waals surface area contributed by atoms with Gasteiger partial charge in [0.05, 0.1) is 0 Å². The van der Waals surface area contributed by atoms with E-state index < -0.39 is 0 Å². The fraction of sp³-hybridized carbons (Fsp3) is 0.118. The summed E-state index contributed by atoms with van der Waals surface area (Å²) < 4.78 is 4.69. The van der Waals surface area contributed by atoms with Gasteiger partial charge < -0.3 is 9.13 Å². The Morgan fingerprint density at radius 2 is 0.543 bits per heavy atom. The summed E-state index contributed by atoms with van der Waals surface area (Å²) in [6.07, 6.45) is 0. The predicted octanol–water partition coefficient (Wildman–Crippen LogP) is 17.9. The van der Waals surface area contributed by atoms with Gasteiger partial charge in [-0.25, -0.2) is 0 Å². The van der Waals surface area contributed by atoms with Gasteiger partial charge in [0.2, 0.25) is 0 Å². The van der Waals surface area contributed by atoms with Crippen LogP contribution in [0.4, 0.5) is 0 Å². The van der Waals surface area contributed by atoms with Crippen LogP contribution in [0.5, 0.6) is 0 Å². The van der Waals surface area contributed by atoms with Gasteiger partial charge in [-0.05, 0) is 173 Å². The van der Waals surface area contributed by atoms with E-state index in [1.165, 1.54) is 144 Å². The Balaban J connectivity index is 0.999. The van der Waals surface area contributed by atoms with Crippen LogP contribution in [0.3, 0.4) is 0 Å². The van der Waals surface area contributed by atoms with Crippen molar-refractivity contribution in [3.05, 3.63) is 229 Å². The molecule has 0 bridgehead atoms. The Kier molecular flexibility index (Phi) is 8.55. The largest absolute Gasteiger partial charge is 0.344 e. The van der Waals surface area contributed by atoms with Crippen molar-refractivity contribution in [1.82, 2.24) is 9.13 Å². The van der Waals surface area contributed by atoms with Crippen LogP contribution in [-0.2, 0) is 24.9 Å². The maximum atomic E-state index is 2.47. The second-order valence-electron chi connectivity index (χ2n) is 21.1. The quantitative estimate of drug-likeness (QED) is 0.163. The molecule has 0 spiro atoms. The molecule has 14 rings (SSSR count). The van der Waals surface area contributed by atoms with E-state index in [0.717, 1.165) is 0 Å². The molecule has 0 N–H and O–H groups in total. The molecule has 70 heavy (non-hydrogen) atoms. The third-order valence-corrected chi connectivity index (χ3v) is 16.5. The average molecular weight is 897 g/mol. The molecule has 0 amide bonds. The zero-order valence-electron chi connectivity index (χ0n) is 40.5. The van der Waals surface area contributed by atoms with Gasteiger partial charge in [0.15, 0.2) is 0 Å². The van der Waals surface area contributed by atoms with Gasteiger partial charge in [-0.2, -0.15) is 0 Å². The average Bonchev–Trinajstić information content (AvgIpc) is 4.02. The van der Waals surface area contributed by atoms with E-state index >= 15 is 0 Å². The van der Waals surface area contributed by atoms with Crippen molar-refractivity contribution in [3.8, 4) is 77.9 Å². The van der Waals surface area contributed by atoms with E-state index in [0.29, 0.717) is 0 Å². The van der Waals surface area contributed by atoms with Crippen LogP contribution in [0.15, 0.2) is 206 Å². The Bertz CT molecular complexity index is 3930. The molecule has 334 valence electrons. The van der Waals surface area contributed by atoms with Crippen molar-refractivity contribution in [2.75, 3.05) is 0 Å². The topological polar surface area (TPSA) is 9.86 Å². The number of rotatable bonds is 5. The minimum atomic E-state index is -0.109. The van der Waals surface area contributed by atoms with Gasteiger partial charge in [-0.3, -0.25) is 0 Å². The number of para-hydroxylation sites is 2. The van der Waals surface area contributed by atoms with Gasteiger partial charge in [-0.15, -0.1) is 0 Å². The van der Waals surface area contributed by atoms with Crippen LogP contribution in [0.1, 0.15) is 49.9 Å². The molecule has 2 aromatic heterocycles. The Hall–Kier alpha value is -8.20. The van der Waals surface area contributed by atoms with Crippen molar-refractivity contribution >= 4 is 43.6 Å². The van der Waals surface area contributed by atoms with Crippen LogP contribution in [0, 0.1) is 0 Å². The van der Waals surface area contributed by atoms with Crippen LogP contribution in [0.25, 0.3) is 122 Å². The van der Waals surface area contributed by atoms with Gasteiger partial charge in [0, 0.05) is 68.5 Å². The van der Waals surface area contributed by atoms with Crippen molar-refractivity contribution in [3.63, 3.8) is 0 Å². The lowest BCUT2D eigenvalue weighted by molar-refractivity contribution is 0.660. The molecule has 0 saturated heterocycles.